The average Bonchev–Trinajstić information content (AvgIpc) is 2.20. The molecule has 0 aromatic heterocycles. The number of hydrogen-bond acceptors (Lipinski definition) is 1. The molecule has 0 amide bonds. The van der Waals surface area contributed by atoms with Gasteiger partial charge in [0.2, 0.25) is 0 Å². The molecular weight excluding hydrogens is 177 g/mol. The summed E-state index contributed by atoms with van der Waals surface area (Å²) in [5.74, 6) is 0. The van der Waals surface area contributed by atoms with Gasteiger partial charge >= 0.3 is 0 Å². The Hall–Kier alpha value is -0.650. The van der Waals surface area contributed by atoms with Crippen LogP contribution in [0.15, 0.2) is 36.4 Å². The van der Waals surface area contributed by atoms with E-state index in [0.29, 0.717) is 0 Å². The van der Waals surface area contributed by atoms with Gasteiger partial charge in [-0.15, -0.1) is 0 Å². The van der Waals surface area contributed by atoms with Crippen LogP contribution in [0.3, 0.4) is 0 Å². The number of rotatable bonds is 1. The first-order chi connectivity index (χ1) is 6.36. The van der Waals surface area contributed by atoms with E-state index in [1.165, 1.54) is 11.1 Å². The summed E-state index contributed by atoms with van der Waals surface area (Å²) in [6.45, 7) is 2.19. The topological polar surface area (TPSA) is 3.24 Å². The maximum absolute atomic E-state index is 2.75. The van der Waals surface area contributed by atoms with Crippen LogP contribution in [-0.4, -0.2) is 17.8 Å². The van der Waals surface area contributed by atoms with Gasteiger partial charge in [0.1, 0.15) is 0 Å². The molecule has 0 saturated heterocycles. The predicted octanol–water partition coefficient (Wildman–Crippen LogP) is 2.57. The van der Waals surface area contributed by atoms with Crippen LogP contribution in [0.5, 0.6) is 0 Å². The first-order valence-corrected chi connectivity index (χ1v) is 5.12. The summed E-state index contributed by atoms with van der Waals surface area (Å²) in [6.07, 6.45) is 3.47. The summed E-state index contributed by atoms with van der Waals surface area (Å²) < 4.78 is 2.26. The Balaban J connectivity index is 2.19. The van der Waals surface area contributed by atoms with Gasteiger partial charge in [0.15, 0.2) is 0 Å². The third kappa shape index (κ3) is 2.18. The molecule has 1 unspecified atom stereocenters. The van der Waals surface area contributed by atoms with Crippen molar-refractivity contribution in [3.63, 3.8) is 0 Å². The van der Waals surface area contributed by atoms with Gasteiger partial charge in [-0.1, -0.05) is 45.8 Å². The Kier molecular flexibility index (Phi) is 2.77. The second-order valence-corrected chi connectivity index (χ2v) is 4.07. The molecule has 0 fully saturated rings. The van der Waals surface area contributed by atoms with E-state index >= 15 is 0 Å². The SMILES string of the molecule is PN1CC=C(c2ccccc2)CC1. The van der Waals surface area contributed by atoms with E-state index in [2.05, 4.69) is 50.5 Å². The Morgan fingerprint density at radius 1 is 1.15 bits per heavy atom. The van der Waals surface area contributed by atoms with Crippen molar-refractivity contribution in [1.29, 1.82) is 0 Å². The zero-order valence-electron chi connectivity index (χ0n) is 7.61. The second-order valence-electron chi connectivity index (χ2n) is 3.34. The van der Waals surface area contributed by atoms with Crippen molar-refractivity contribution in [2.24, 2.45) is 0 Å². The van der Waals surface area contributed by atoms with Gasteiger partial charge in [-0.3, -0.25) is 4.67 Å². The summed E-state index contributed by atoms with van der Waals surface area (Å²) in [5.41, 5.74) is 2.86. The molecule has 13 heavy (non-hydrogen) atoms. The molecule has 0 N–H and O–H groups in total. The van der Waals surface area contributed by atoms with E-state index in [-0.39, 0.29) is 0 Å². The highest BCUT2D eigenvalue weighted by Gasteiger charge is 2.08. The van der Waals surface area contributed by atoms with Crippen molar-refractivity contribution >= 4 is 15.0 Å². The highest BCUT2D eigenvalue weighted by molar-refractivity contribution is 7.13. The minimum Gasteiger partial charge on any atom is -0.283 e. The zero-order valence-corrected chi connectivity index (χ0v) is 8.76. The van der Waals surface area contributed by atoms with Crippen molar-refractivity contribution in [3.05, 3.63) is 42.0 Å². The van der Waals surface area contributed by atoms with E-state index in [1.807, 2.05) is 0 Å². The molecule has 2 heteroatoms. The Bertz CT molecular complexity index is 305. The summed E-state index contributed by atoms with van der Waals surface area (Å²) in [4.78, 5) is 0. The molecule has 0 bridgehead atoms. The highest BCUT2D eigenvalue weighted by atomic mass is 31.0. The first kappa shape index (κ1) is 8.93. The van der Waals surface area contributed by atoms with Crippen LogP contribution in [0.2, 0.25) is 0 Å². The molecule has 1 aromatic rings. The van der Waals surface area contributed by atoms with Crippen molar-refractivity contribution in [2.45, 2.75) is 6.42 Å². The molecule has 68 valence electrons. The van der Waals surface area contributed by atoms with Crippen LogP contribution in [0.4, 0.5) is 0 Å². The van der Waals surface area contributed by atoms with E-state index in [9.17, 15) is 0 Å². The van der Waals surface area contributed by atoms with Crippen LogP contribution in [0.25, 0.3) is 5.57 Å². The molecule has 1 aliphatic rings. The minimum absolute atomic E-state index is 1.05. The number of nitrogens with zero attached hydrogens (tertiary/aromatic N) is 1. The van der Waals surface area contributed by atoms with Gasteiger partial charge < -0.3 is 0 Å². The maximum Gasteiger partial charge on any atom is 0.0203 e. The van der Waals surface area contributed by atoms with Gasteiger partial charge in [0.05, 0.1) is 0 Å². The molecule has 1 aliphatic heterocycles. The first-order valence-electron chi connectivity index (χ1n) is 4.60. The lowest BCUT2D eigenvalue weighted by atomic mass is 10.0. The maximum atomic E-state index is 2.75. The fourth-order valence-electron chi connectivity index (χ4n) is 1.60. The molecule has 0 saturated carbocycles. The van der Waals surface area contributed by atoms with Crippen LogP contribution >= 0.6 is 9.39 Å². The monoisotopic (exact) mass is 191 g/mol. The van der Waals surface area contributed by atoms with E-state index < -0.39 is 0 Å². The standard InChI is InChI=1S/C11H14NP/c13-12-8-6-11(7-9-12)10-4-2-1-3-5-10/h1-6H,7-9,13H2. The summed E-state index contributed by atoms with van der Waals surface area (Å²) in [6, 6.07) is 10.6. The van der Waals surface area contributed by atoms with E-state index in [0.717, 1.165) is 19.5 Å². The summed E-state index contributed by atoms with van der Waals surface area (Å²) in [5, 5.41) is 0. The Morgan fingerprint density at radius 2 is 1.92 bits per heavy atom. The van der Waals surface area contributed by atoms with Crippen molar-refractivity contribution in [3.8, 4) is 0 Å². The average molecular weight is 191 g/mol. The molecule has 0 spiro atoms. The van der Waals surface area contributed by atoms with Crippen LogP contribution < -0.4 is 0 Å². The van der Waals surface area contributed by atoms with Crippen molar-refractivity contribution < 1.29 is 0 Å². The third-order valence-electron chi connectivity index (χ3n) is 2.39. The molecule has 0 radical (unpaired) electrons. The largest absolute Gasteiger partial charge is 0.283 e. The molecule has 1 nitrogen and oxygen atoms in total. The molecular formula is C11H14NP. The molecule has 0 aliphatic carbocycles. The second kappa shape index (κ2) is 4.04. The van der Waals surface area contributed by atoms with Crippen molar-refractivity contribution in [1.82, 2.24) is 4.67 Å². The number of benzene rings is 1. The van der Waals surface area contributed by atoms with Crippen LogP contribution in [0, 0.1) is 0 Å². The van der Waals surface area contributed by atoms with Gasteiger partial charge in [-0.25, -0.2) is 0 Å². The van der Waals surface area contributed by atoms with E-state index in [1.54, 1.807) is 0 Å². The highest BCUT2D eigenvalue weighted by Crippen LogP contribution is 2.22. The fourth-order valence-corrected chi connectivity index (χ4v) is 1.83. The smallest absolute Gasteiger partial charge is 0.0203 e. The van der Waals surface area contributed by atoms with Gasteiger partial charge in [0.25, 0.3) is 0 Å². The minimum atomic E-state index is 1.05. The molecule has 1 heterocycles. The lowest BCUT2D eigenvalue weighted by Crippen LogP contribution is -2.17. The quantitative estimate of drug-likeness (QED) is 0.617. The zero-order chi connectivity index (χ0) is 9.10. The summed E-state index contributed by atoms with van der Waals surface area (Å²) >= 11 is 0. The lowest BCUT2D eigenvalue weighted by molar-refractivity contribution is 0.515. The molecule has 1 atom stereocenters. The van der Waals surface area contributed by atoms with Gasteiger partial charge in [-0.2, -0.15) is 0 Å². The van der Waals surface area contributed by atoms with Crippen LogP contribution in [-0.2, 0) is 0 Å². The Labute approximate surface area is 81.7 Å². The summed E-state index contributed by atoms with van der Waals surface area (Å²) in [7, 11) is 2.75. The Morgan fingerprint density at radius 3 is 2.54 bits per heavy atom. The van der Waals surface area contributed by atoms with Crippen LogP contribution in [0.1, 0.15) is 12.0 Å². The molecule has 1 aromatic carbocycles. The number of hydrogen-bond donors (Lipinski definition) is 0. The lowest BCUT2D eigenvalue weighted by Gasteiger charge is -2.21. The third-order valence-corrected chi connectivity index (χ3v) is 2.85. The van der Waals surface area contributed by atoms with E-state index in [4.69, 9.17) is 0 Å². The normalized spacial score (nSPS) is 18.4. The van der Waals surface area contributed by atoms with Crippen molar-refractivity contribution in [2.75, 3.05) is 13.1 Å². The van der Waals surface area contributed by atoms with Gasteiger partial charge in [0, 0.05) is 13.1 Å². The molecule has 2 rings (SSSR count). The fraction of sp³-hybridized carbons (Fsp3) is 0.273. The van der Waals surface area contributed by atoms with Gasteiger partial charge in [-0.05, 0) is 17.6 Å². The predicted molar refractivity (Wildman–Crippen MR) is 60.3 cm³/mol.